The Morgan fingerprint density at radius 1 is 0.971 bits per heavy atom. The number of nitrogens with one attached hydrogen (secondary N) is 2. The molecule has 2 aliphatic rings. The fourth-order valence-corrected chi connectivity index (χ4v) is 4.74. The van der Waals surface area contributed by atoms with Gasteiger partial charge in [0.05, 0.1) is 12.0 Å². The maximum Gasteiger partial charge on any atom is 0.411 e. The molecule has 0 saturated heterocycles. The van der Waals surface area contributed by atoms with E-state index >= 15 is 0 Å². The van der Waals surface area contributed by atoms with Crippen LogP contribution in [0, 0.1) is 6.92 Å². The molecule has 3 N–H and O–H groups in total. The number of rotatable bonds is 7. The van der Waals surface area contributed by atoms with Gasteiger partial charge >= 0.3 is 12.1 Å². The summed E-state index contributed by atoms with van der Waals surface area (Å²) in [5, 5.41) is 14.7. The van der Waals surface area contributed by atoms with Gasteiger partial charge in [-0.1, -0.05) is 54.6 Å². The van der Waals surface area contributed by atoms with Crippen LogP contribution in [0.25, 0.3) is 11.1 Å². The summed E-state index contributed by atoms with van der Waals surface area (Å²) >= 11 is 0. The summed E-state index contributed by atoms with van der Waals surface area (Å²) in [7, 11) is 0. The lowest BCUT2D eigenvalue weighted by atomic mass is 9.98. The number of aliphatic carboxylic acids is 1. The van der Waals surface area contributed by atoms with Crippen molar-refractivity contribution in [3.63, 3.8) is 0 Å². The van der Waals surface area contributed by atoms with Gasteiger partial charge in [-0.15, -0.1) is 0 Å². The van der Waals surface area contributed by atoms with Crippen LogP contribution >= 0.6 is 0 Å². The molecule has 35 heavy (non-hydrogen) atoms. The zero-order chi connectivity index (χ0) is 24.6. The maximum atomic E-state index is 12.7. The first-order valence-corrected chi connectivity index (χ1v) is 11.6. The Bertz CT molecular complexity index is 1280. The Balaban J connectivity index is 1.25. The van der Waals surface area contributed by atoms with Gasteiger partial charge in [0.2, 0.25) is 0 Å². The number of hydrogen-bond acceptors (Lipinski definition) is 4. The Kier molecular flexibility index (Phi) is 5.76. The molecule has 0 atom stereocenters. The lowest BCUT2D eigenvalue weighted by Crippen LogP contribution is -2.38. The van der Waals surface area contributed by atoms with E-state index in [2.05, 4.69) is 34.9 Å². The fraction of sp³-hybridized carbons (Fsp3) is 0.250. The van der Waals surface area contributed by atoms with Crippen molar-refractivity contribution in [3.8, 4) is 11.1 Å². The molecule has 0 aromatic heterocycles. The largest absolute Gasteiger partial charge is 0.481 e. The first kappa shape index (κ1) is 22.7. The van der Waals surface area contributed by atoms with Gasteiger partial charge in [-0.25, -0.2) is 4.79 Å². The zero-order valence-corrected chi connectivity index (χ0v) is 19.3. The van der Waals surface area contributed by atoms with Gasteiger partial charge < -0.3 is 15.2 Å². The number of anilines is 1. The molecule has 2 amide bonds. The molecule has 0 spiro atoms. The van der Waals surface area contributed by atoms with Crippen molar-refractivity contribution in [2.45, 2.75) is 37.6 Å². The normalized spacial score (nSPS) is 15.0. The second kappa shape index (κ2) is 8.91. The van der Waals surface area contributed by atoms with Gasteiger partial charge in [0.15, 0.2) is 0 Å². The molecule has 3 aromatic carbocycles. The number of benzene rings is 3. The van der Waals surface area contributed by atoms with E-state index in [4.69, 9.17) is 9.84 Å². The topological polar surface area (TPSA) is 105 Å². The number of fused-ring (bicyclic) bond motifs is 3. The maximum absolute atomic E-state index is 12.7. The van der Waals surface area contributed by atoms with E-state index in [1.165, 1.54) is 0 Å². The van der Waals surface area contributed by atoms with Crippen molar-refractivity contribution in [1.82, 2.24) is 5.32 Å². The number of carboxylic acid groups (broad SMARTS) is 1. The SMILES string of the molecule is Cc1ccc(C(=O)NC2(CC(=O)O)CC2)cc1NC(=O)OCC1c2ccccc2-c2ccccc21. The third-order valence-corrected chi connectivity index (χ3v) is 6.80. The molecule has 1 fully saturated rings. The van der Waals surface area contributed by atoms with Gasteiger partial charge in [0.25, 0.3) is 5.91 Å². The number of carboxylic acids is 1. The van der Waals surface area contributed by atoms with Crippen LogP contribution in [0.2, 0.25) is 0 Å². The minimum Gasteiger partial charge on any atom is -0.481 e. The summed E-state index contributed by atoms with van der Waals surface area (Å²) < 4.78 is 5.62. The summed E-state index contributed by atoms with van der Waals surface area (Å²) in [6.07, 6.45) is 0.580. The number of carbonyl (C=O) groups is 3. The first-order chi connectivity index (χ1) is 16.8. The van der Waals surface area contributed by atoms with E-state index in [0.29, 0.717) is 24.1 Å². The van der Waals surface area contributed by atoms with Crippen LogP contribution < -0.4 is 10.6 Å². The number of hydrogen-bond donors (Lipinski definition) is 3. The summed E-state index contributed by atoms with van der Waals surface area (Å²) in [5.74, 6) is -1.35. The highest BCUT2D eigenvalue weighted by Gasteiger charge is 2.46. The minimum absolute atomic E-state index is 0.0460. The third kappa shape index (κ3) is 4.62. The van der Waals surface area contributed by atoms with Crippen molar-refractivity contribution in [3.05, 3.63) is 89.0 Å². The molecular weight excluding hydrogens is 444 g/mol. The van der Waals surface area contributed by atoms with E-state index in [9.17, 15) is 14.4 Å². The van der Waals surface area contributed by atoms with E-state index in [-0.39, 0.29) is 24.9 Å². The van der Waals surface area contributed by atoms with Crippen LogP contribution in [-0.2, 0) is 9.53 Å². The molecule has 0 bridgehead atoms. The van der Waals surface area contributed by atoms with Crippen molar-refractivity contribution in [1.29, 1.82) is 0 Å². The van der Waals surface area contributed by atoms with Crippen LogP contribution in [0.15, 0.2) is 66.7 Å². The highest BCUT2D eigenvalue weighted by atomic mass is 16.5. The van der Waals surface area contributed by atoms with E-state index in [1.807, 2.05) is 31.2 Å². The number of amides is 2. The van der Waals surface area contributed by atoms with Crippen molar-refractivity contribution < 1.29 is 24.2 Å². The minimum atomic E-state index is -0.940. The predicted molar refractivity (Wildman–Crippen MR) is 132 cm³/mol. The lowest BCUT2D eigenvalue weighted by Gasteiger charge is -2.17. The number of aryl methyl sites for hydroxylation is 1. The Morgan fingerprint density at radius 3 is 2.20 bits per heavy atom. The molecular formula is C28H26N2O5. The highest BCUT2D eigenvalue weighted by Crippen LogP contribution is 2.44. The van der Waals surface area contributed by atoms with Crippen LogP contribution in [0.1, 0.15) is 52.2 Å². The second-order valence-electron chi connectivity index (χ2n) is 9.29. The third-order valence-electron chi connectivity index (χ3n) is 6.80. The number of ether oxygens (including phenoxy) is 1. The van der Waals surface area contributed by atoms with E-state index < -0.39 is 17.6 Å². The molecule has 7 nitrogen and oxygen atoms in total. The van der Waals surface area contributed by atoms with Crippen LogP contribution in [-0.4, -0.2) is 35.2 Å². The summed E-state index contributed by atoms with van der Waals surface area (Å²) in [6.45, 7) is 2.02. The average Bonchev–Trinajstić information content (AvgIpc) is 3.50. The molecule has 178 valence electrons. The molecule has 7 heteroatoms. The smallest absolute Gasteiger partial charge is 0.411 e. The van der Waals surface area contributed by atoms with Gasteiger partial charge in [-0.05, 0) is 59.7 Å². The van der Waals surface area contributed by atoms with Crippen LogP contribution in [0.4, 0.5) is 10.5 Å². The van der Waals surface area contributed by atoms with Crippen molar-refractivity contribution in [2.24, 2.45) is 0 Å². The van der Waals surface area contributed by atoms with E-state index in [1.54, 1.807) is 18.2 Å². The predicted octanol–water partition coefficient (Wildman–Crippen LogP) is 5.09. The van der Waals surface area contributed by atoms with Crippen molar-refractivity contribution in [2.75, 3.05) is 11.9 Å². The molecule has 5 rings (SSSR count). The van der Waals surface area contributed by atoms with Crippen molar-refractivity contribution >= 4 is 23.7 Å². The van der Waals surface area contributed by atoms with Crippen LogP contribution in [0.3, 0.4) is 0 Å². The van der Waals surface area contributed by atoms with Gasteiger partial charge in [0.1, 0.15) is 6.61 Å². The molecule has 3 aromatic rings. The summed E-state index contributed by atoms with van der Waals surface area (Å²) in [5.41, 5.74) is 5.50. The molecule has 0 aliphatic heterocycles. The number of carbonyl (C=O) groups excluding carboxylic acids is 2. The quantitative estimate of drug-likeness (QED) is 0.446. The summed E-state index contributed by atoms with van der Waals surface area (Å²) in [4.78, 5) is 36.5. The zero-order valence-electron chi connectivity index (χ0n) is 19.3. The highest BCUT2D eigenvalue weighted by molar-refractivity contribution is 5.97. The molecule has 0 heterocycles. The lowest BCUT2D eigenvalue weighted by molar-refractivity contribution is -0.137. The summed E-state index contributed by atoms with van der Waals surface area (Å²) in [6, 6.07) is 21.2. The Morgan fingerprint density at radius 2 is 1.60 bits per heavy atom. The Hall–Kier alpha value is -4.13. The fourth-order valence-electron chi connectivity index (χ4n) is 4.74. The standard InChI is InChI=1S/C28H26N2O5/c1-17-10-11-18(26(33)30-28(12-13-28)15-25(31)32)14-24(17)29-27(34)35-16-23-21-8-4-2-6-19(21)20-7-3-5-9-22(20)23/h2-11,14,23H,12-13,15-16H2,1H3,(H,29,34)(H,30,33)(H,31,32). The molecule has 0 unspecified atom stereocenters. The first-order valence-electron chi connectivity index (χ1n) is 11.6. The van der Waals surface area contributed by atoms with Gasteiger partial charge in [-0.2, -0.15) is 0 Å². The second-order valence-corrected chi connectivity index (χ2v) is 9.29. The Labute approximate surface area is 203 Å². The van der Waals surface area contributed by atoms with E-state index in [0.717, 1.165) is 27.8 Å². The van der Waals surface area contributed by atoms with Gasteiger partial charge in [0, 0.05) is 17.2 Å². The van der Waals surface area contributed by atoms with Gasteiger partial charge in [-0.3, -0.25) is 14.9 Å². The monoisotopic (exact) mass is 470 g/mol. The van der Waals surface area contributed by atoms with Crippen LogP contribution in [0.5, 0.6) is 0 Å². The molecule has 1 saturated carbocycles. The molecule has 0 radical (unpaired) electrons. The molecule has 2 aliphatic carbocycles. The average molecular weight is 471 g/mol.